The van der Waals surface area contributed by atoms with E-state index in [1.807, 2.05) is 30.3 Å². The van der Waals surface area contributed by atoms with Gasteiger partial charge in [0.2, 0.25) is 11.8 Å². The Morgan fingerprint density at radius 1 is 1.19 bits per heavy atom. The number of rotatable bonds is 3. The predicted molar refractivity (Wildman–Crippen MR) is 74.2 cm³/mol. The molecule has 2 fully saturated rings. The molecule has 1 aromatic carbocycles. The van der Waals surface area contributed by atoms with Crippen LogP contribution in [0.25, 0.3) is 0 Å². The van der Waals surface area contributed by atoms with E-state index in [0.29, 0.717) is 19.7 Å². The van der Waals surface area contributed by atoms with Gasteiger partial charge in [0, 0.05) is 13.1 Å². The van der Waals surface area contributed by atoms with Gasteiger partial charge in [0.05, 0.1) is 19.8 Å². The Kier molecular flexibility index (Phi) is 3.90. The lowest BCUT2D eigenvalue weighted by atomic mass is 10.0. The molecule has 0 spiro atoms. The topological polar surface area (TPSA) is 70.1 Å². The van der Waals surface area contributed by atoms with Crippen molar-refractivity contribution in [3.8, 4) is 0 Å². The van der Waals surface area contributed by atoms with E-state index in [1.165, 1.54) is 9.80 Å². The van der Waals surface area contributed by atoms with Gasteiger partial charge in [0.25, 0.3) is 0 Å². The largest absolute Gasteiger partial charge is 0.394 e. The molecule has 2 atom stereocenters. The number of hydrogen-bond acceptors (Lipinski definition) is 4. The van der Waals surface area contributed by atoms with Crippen LogP contribution in [0, 0.1) is 0 Å². The molecule has 0 radical (unpaired) electrons. The Labute approximate surface area is 122 Å². The highest BCUT2D eigenvalue weighted by atomic mass is 16.5. The molecular weight excluding hydrogens is 272 g/mol. The van der Waals surface area contributed by atoms with E-state index in [4.69, 9.17) is 4.74 Å². The fourth-order valence-electron chi connectivity index (χ4n) is 2.89. The third-order valence-electron chi connectivity index (χ3n) is 4.01. The van der Waals surface area contributed by atoms with Gasteiger partial charge in [-0.2, -0.15) is 0 Å². The van der Waals surface area contributed by atoms with Gasteiger partial charge < -0.3 is 19.6 Å². The maximum atomic E-state index is 12.6. The number of morpholine rings is 1. The number of aliphatic hydroxyl groups is 1. The first-order valence-electron chi connectivity index (χ1n) is 7.06. The van der Waals surface area contributed by atoms with Crippen molar-refractivity contribution in [1.82, 2.24) is 9.80 Å². The monoisotopic (exact) mass is 290 g/mol. The number of aliphatic hydroxyl groups excluding tert-OH is 1. The second-order valence-electron chi connectivity index (χ2n) is 5.27. The highest BCUT2D eigenvalue weighted by molar-refractivity contribution is 5.97. The van der Waals surface area contributed by atoms with Crippen molar-refractivity contribution in [2.45, 2.75) is 18.6 Å². The van der Waals surface area contributed by atoms with Crippen molar-refractivity contribution in [2.24, 2.45) is 0 Å². The molecule has 3 rings (SSSR count). The first kappa shape index (κ1) is 14.0. The van der Waals surface area contributed by atoms with Crippen LogP contribution in [0.2, 0.25) is 0 Å². The van der Waals surface area contributed by atoms with Gasteiger partial charge in [0.15, 0.2) is 0 Å². The maximum absolute atomic E-state index is 12.6. The summed E-state index contributed by atoms with van der Waals surface area (Å²) in [5.74, 6) is -0.349. The lowest BCUT2D eigenvalue weighted by Gasteiger charge is -2.46. The predicted octanol–water partition coefficient (Wildman–Crippen LogP) is -0.383. The van der Waals surface area contributed by atoms with Crippen molar-refractivity contribution in [2.75, 3.05) is 26.4 Å². The van der Waals surface area contributed by atoms with Gasteiger partial charge in [-0.3, -0.25) is 9.59 Å². The lowest BCUT2D eigenvalue weighted by Crippen LogP contribution is -2.68. The first-order valence-corrected chi connectivity index (χ1v) is 7.06. The molecule has 2 heterocycles. The zero-order valence-electron chi connectivity index (χ0n) is 11.6. The summed E-state index contributed by atoms with van der Waals surface area (Å²) in [4.78, 5) is 28.1. The number of hydrogen-bond donors (Lipinski definition) is 1. The summed E-state index contributed by atoms with van der Waals surface area (Å²) < 4.78 is 5.32. The van der Waals surface area contributed by atoms with E-state index in [9.17, 15) is 14.7 Å². The third-order valence-corrected chi connectivity index (χ3v) is 4.01. The van der Waals surface area contributed by atoms with E-state index in [1.54, 1.807) is 0 Å². The second kappa shape index (κ2) is 5.83. The summed E-state index contributed by atoms with van der Waals surface area (Å²) in [6.07, 6.45) is 0. The van der Waals surface area contributed by atoms with Gasteiger partial charge in [-0.25, -0.2) is 0 Å². The summed E-state index contributed by atoms with van der Waals surface area (Å²) >= 11 is 0. The zero-order valence-corrected chi connectivity index (χ0v) is 11.6. The van der Waals surface area contributed by atoms with E-state index < -0.39 is 12.1 Å². The fourth-order valence-corrected chi connectivity index (χ4v) is 2.89. The molecule has 112 valence electrons. The summed E-state index contributed by atoms with van der Waals surface area (Å²) in [6, 6.07) is 8.11. The fraction of sp³-hybridized carbons (Fsp3) is 0.467. The molecule has 6 heteroatoms. The Morgan fingerprint density at radius 2 is 1.95 bits per heavy atom. The molecule has 0 saturated carbocycles. The quantitative estimate of drug-likeness (QED) is 0.823. The van der Waals surface area contributed by atoms with Crippen LogP contribution in [0.3, 0.4) is 0 Å². The summed E-state index contributed by atoms with van der Waals surface area (Å²) in [5, 5.41) is 9.55. The van der Waals surface area contributed by atoms with Gasteiger partial charge in [-0.15, -0.1) is 0 Å². The molecule has 0 aromatic heterocycles. The van der Waals surface area contributed by atoms with Crippen LogP contribution < -0.4 is 0 Å². The van der Waals surface area contributed by atoms with E-state index in [0.717, 1.165) is 5.56 Å². The van der Waals surface area contributed by atoms with E-state index in [2.05, 4.69) is 0 Å². The van der Waals surface area contributed by atoms with Gasteiger partial charge in [0.1, 0.15) is 12.1 Å². The number of ether oxygens (including phenoxy) is 1. The van der Waals surface area contributed by atoms with E-state index in [-0.39, 0.29) is 25.0 Å². The molecule has 21 heavy (non-hydrogen) atoms. The normalized spacial score (nSPS) is 26.0. The minimum atomic E-state index is -0.799. The molecule has 2 amide bonds. The molecule has 2 aliphatic rings. The molecule has 2 saturated heterocycles. The van der Waals surface area contributed by atoms with Crippen molar-refractivity contribution < 1.29 is 19.4 Å². The van der Waals surface area contributed by atoms with Crippen LogP contribution in [0.15, 0.2) is 30.3 Å². The zero-order chi connectivity index (χ0) is 14.8. The number of piperazine rings is 1. The second-order valence-corrected chi connectivity index (χ2v) is 5.27. The van der Waals surface area contributed by atoms with Crippen molar-refractivity contribution >= 4 is 11.8 Å². The van der Waals surface area contributed by atoms with Gasteiger partial charge in [-0.1, -0.05) is 30.3 Å². The van der Waals surface area contributed by atoms with Crippen LogP contribution in [-0.4, -0.2) is 65.2 Å². The van der Waals surface area contributed by atoms with Crippen LogP contribution in [0.4, 0.5) is 0 Å². The average Bonchev–Trinajstić information content (AvgIpc) is 2.54. The first-order chi connectivity index (χ1) is 10.2. The number of amides is 2. The molecule has 1 aromatic rings. The third kappa shape index (κ3) is 2.52. The summed E-state index contributed by atoms with van der Waals surface area (Å²) in [6.45, 7) is 1.04. The van der Waals surface area contributed by atoms with Crippen molar-refractivity contribution in [3.05, 3.63) is 35.9 Å². The minimum Gasteiger partial charge on any atom is -0.394 e. The number of benzene rings is 1. The van der Waals surface area contributed by atoms with Gasteiger partial charge in [-0.05, 0) is 5.56 Å². The Balaban J connectivity index is 1.86. The van der Waals surface area contributed by atoms with Gasteiger partial charge >= 0.3 is 0 Å². The summed E-state index contributed by atoms with van der Waals surface area (Å²) in [7, 11) is 0. The van der Waals surface area contributed by atoms with E-state index >= 15 is 0 Å². The Hall–Kier alpha value is -1.92. The molecule has 0 bridgehead atoms. The number of nitrogens with zero attached hydrogens (tertiary/aromatic N) is 2. The molecule has 1 N–H and O–H groups in total. The minimum absolute atomic E-state index is 0.155. The number of fused-ring (bicyclic) bond motifs is 1. The molecule has 0 aliphatic carbocycles. The van der Waals surface area contributed by atoms with Crippen LogP contribution in [0.1, 0.15) is 5.56 Å². The smallest absolute Gasteiger partial charge is 0.248 e. The Bertz CT molecular complexity index is 534. The van der Waals surface area contributed by atoms with Crippen LogP contribution in [-0.2, 0) is 20.9 Å². The van der Waals surface area contributed by atoms with Crippen molar-refractivity contribution in [1.29, 1.82) is 0 Å². The standard InChI is InChI=1S/C15H18N2O4/c18-9-12-14(19)16-6-7-21-10-13(16)15(20)17(12)8-11-4-2-1-3-5-11/h1-5,12-13,18H,6-10H2/t12-,13-/m1/s1. The molecule has 0 unspecified atom stereocenters. The SMILES string of the molecule is O=C1[C@@H](CO)N(Cc2ccccc2)C(=O)[C@H]2COCCN12. The maximum Gasteiger partial charge on any atom is 0.248 e. The highest BCUT2D eigenvalue weighted by Crippen LogP contribution is 2.22. The van der Waals surface area contributed by atoms with Crippen molar-refractivity contribution in [3.63, 3.8) is 0 Å². The highest BCUT2D eigenvalue weighted by Gasteiger charge is 2.46. The molecule has 6 nitrogen and oxygen atoms in total. The lowest BCUT2D eigenvalue weighted by molar-refractivity contribution is -0.172. The average molecular weight is 290 g/mol. The molecular formula is C15H18N2O4. The number of carbonyl (C=O) groups excluding carboxylic acids is 2. The Morgan fingerprint density at radius 3 is 2.67 bits per heavy atom. The summed E-state index contributed by atoms with van der Waals surface area (Å²) in [5.41, 5.74) is 0.933. The van der Waals surface area contributed by atoms with Crippen LogP contribution in [0.5, 0.6) is 0 Å². The number of carbonyl (C=O) groups is 2. The molecule has 2 aliphatic heterocycles. The van der Waals surface area contributed by atoms with Crippen LogP contribution >= 0.6 is 0 Å².